The lowest BCUT2D eigenvalue weighted by molar-refractivity contribution is -0.138. The Labute approximate surface area is 513 Å². The summed E-state index contributed by atoms with van der Waals surface area (Å²) in [5, 5.41) is 35.0. The summed E-state index contributed by atoms with van der Waals surface area (Å²) < 4.78 is 89.6. The first kappa shape index (κ1) is 70.3. The van der Waals surface area contributed by atoms with Gasteiger partial charge in [-0.1, -0.05) is 48.4 Å². The number of nitrogens with zero attached hydrogens (tertiary/aromatic N) is 8. The van der Waals surface area contributed by atoms with Crippen LogP contribution in [0.3, 0.4) is 0 Å². The molecule has 0 saturated heterocycles. The van der Waals surface area contributed by atoms with E-state index in [1.807, 2.05) is 50.2 Å². The Kier molecular flexibility index (Phi) is 27.7. The summed E-state index contributed by atoms with van der Waals surface area (Å²) in [6.07, 6.45) is 6.40. The minimum Gasteiger partial charge on any atom is -1.00 e. The van der Waals surface area contributed by atoms with Crippen molar-refractivity contribution in [3.63, 3.8) is 0 Å². The molecule has 0 spiro atoms. The Bertz CT molecular complexity index is 4200. The Morgan fingerprint density at radius 1 is 0.602 bits per heavy atom. The summed E-state index contributed by atoms with van der Waals surface area (Å²) in [6.45, 7) is 7.03. The molecule has 0 atom stereocenters. The van der Waals surface area contributed by atoms with Crippen LogP contribution < -0.4 is 40.2 Å². The molecule has 0 unspecified atom stereocenters. The Morgan fingerprint density at radius 3 is 1.34 bits per heavy atom. The maximum atomic E-state index is 13.5. The summed E-state index contributed by atoms with van der Waals surface area (Å²) in [5.74, 6) is -1.00. The number of aromatic nitrogens is 8. The molecule has 0 saturated carbocycles. The molecule has 6 N–H and O–H groups in total. The second-order valence-corrected chi connectivity index (χ2v) is 18.3. The van der Waals surface area contributed by atoms with E-state index in [0.717, 1.165) is 64.1 Å². The van der Waals surface area contributed by atoms with Crippen molar-refractivity contribution in [2.45, 2.75) is 40.4 Å². The molecule has 454 valence electrons. The number of benzene rings is 6. The van der Waals surface area contributed by atoms with Gasteiger partial charge in [0.1, 0.15) is 40.7 Å². The number of hydrogen-bond acceptors (Lipinski definition) is 11. The number of nitrogens with one attached hydrogen (secondary N) is 1. The molecule has 24 heteroatoms. The number of halogens is 8. The Balaban J connectivity index is 0.000000265. The van der Waals surface area contributed by atoms with Crippen LogP contribution >= 0.6 is 12.4 Å². The zero-order chi connectivity index (χ0) is 62.3. The lowest BCUT2D eigenvalue weighted by Crippen LogP contribution is -3.00. The summed E-state index contributed by atoms with van der Waals surface area (Å²) in [7, 11) is 0. The number of ether oxygens (including phenoxy) is 1. The van der Waals surface area contributed by atoms with Crippen LogP contribution in [0, 0.1) is 65.5 Å². The highest BCUT2D eigenvalue weighted by Crippen LogP contribution is 2.23. The van der Waals surface area contributed by atoms with Crippen molar-refractivity contribution in [2.75, 3.05) is 19.8 Å². The smallest absolute Gasteiger partial charge is 0.366 e. The van der Waals surface area contributed by atoms with E-state index in [-0.39, 0.29) is 90.1 Å². The fourth-order valence-corrected chi connectivity index (χ4v) is 7.95. The molecule has 0 bridgehead atoms. The van der Waals surface area contributed by atoms with E-state index in [1.165, 1.54) is 74.7 Å². The molecule has 10 rings (SSSR count). The van der Waals surface area contributed by atoms with Crippen molar-refractivity contribution in [2.24, 2.45) is 5.73 Å². The Morgan fingerprint density at radius 2 is 0.977 bits per heavy atom. The zero-order valence-electron chi connectivity index (χ0n) is 47.4. The van der Waals surface area contributed by atoms with Gasteiger partial charge >= 0.3 is 5.90 Å². The molecule has 4 aromatic heterocycles. The third-order valence-corrected chi connectivity index (χ3v) is 11.7. The van der Waals surface area contributed by atoms with E-state index in [1.54, 1.807) is 55.6 Å². The van der Waals surface area contributed by atoms with E-state index in [0.29, 0.717) is 41.6 Å². The van der Waals surface area contributed by atoms with Crippen molar-refractivity contribution in [3.05, 3.63) is 269 Å². The number of hydrogen-bond donors (Lipinski definition) is 4. The van der Waals surface area contributed by atoms with Gasteiger partial charge in [0.2, 0.25) is 0 Å². The molecule has 4 heterocycles. The number of H-pyrrole nitrogens is 1. The topological polar surface area (TPSA) is 238 Å². The van der Waals surface area contributed by atoms with Gasteiger partial charge in [-0.25, -0.2) is 50.8 Å². The van der Waals surface area contributed by atoms with Gasteiger partial charge in [0, 0.05) is 77.1 Å². The van der Waals surface area contributed by atoms with E-state index in [9.17, 15) is 40.7 Å². The molecule has 16 nitrogen and oxygen atoms in total. The van der Waals surface area contributed by atoms with Crippen LogP contribution in [0.2, 0.25) is 0 Å². The van der Waals surface area contributed by atoms with Gasteiger partial charge in [-0.15, -0.1) is 18.8 Å². The largest absolute Gasteiger partial charge is 1.00 e. The lowest BCUT2D eigenvalue weighted by Gasteiger charge is -2.09. The minimum atomic E-state index is -0.716. The van der Waals surface area contributed by atoms with E-state index < -0.39 is 34.9 Å². The average molecular weight is 1250 g/mol. The first-order valence-corrected chi connectivity index (χ1v) is 26.1. The summed E-state index contributed by atoms with van der Waals surface area (Å²) >= 11 is 0. The highest BCUT2D eigenvalue weighted by atomic mass is 35.5. The van der Waals surface area contributed by atoms with Crippen molar-refractivity contribution < 1.29 is 54.0 Å². The minimum absolute atomic E-state index is 0. The average Bonchev–Trinajstić information content (AvgIpc) is 2.98. The number of imidazole rings is 1. The number of nitrogens with two attached hydrogens (primary N) is 2. The fraction of sp³-hybridized carbons (Fsp3) is 0.141. The van der Waals surface area contributed by atoms with Crippen molar-refractivity contribution in [3.8, 4) is 63.6 Å². The summed E-state index contributed by atoms with van der Waals surface area (Å²) in [5.41, 5.74) is 10.8. The maximum Gasteiger partial charge on any atom is 0.366 e. The van der Waals surface area contributed by atoms with E-state index >= 15 is 0 Å². The first-order chi connectivity index (χ1) is 41.3. The van der Waals surface area contributed by atoms with Crippen LogP contribution in [0.5, 0.6) is 0 Å². The van der Waals surface area contributed by atoms with Gasteiger partial charge in [-0.3, -0.25) is 14.4 Å². The highest BCUT2D eigenvalue weighted by molar-refractivity contribution is 5.89. The molecule has 88 heavy (non-hydrogen) atoms. The maximum absolute atomic E-state index is 13.5. The van der Waals surface area contributed by atoms with Crippen molar-refractivity contribution in [1.29, 1.82) is 5.26 Å². The molecule has 0 aliphatic heterocycles. The lowest BCUT2D eigenvalue weighted by atomic mass is 10.1. The molecule has 0 radical (unpaired) electrons. The van der Waals surface area contributed by atoms with E-state index in [2.05, 4.69) is 37.6 Å². The molecule has 6 aromatic carbocycles. The SMILES string of the molecule is C#CCN.CCO.CCOC(=[NH2+])c1cccc(Cn2nc(-c3cc(F)cc(F)c3)ccc2=O)c1.Cc1cnc(-c2cccc(Cn3nc(-c4cc(F)cc(F)c4)ccc3=O)c2)[nH]1.Cl.N#Cc1cccc(Cn2nc(-c3cc(F)cc(F)c3)ccc2=O)c1.[Cl-]. The van der Waals surface area contributed by atoms with Crippen LogP contribution in [0.15, 0.2) is 184 Å². The fourth-order valence-electron chi connectivity index (χ4n) is 7.95. The van der Waals surface area contributed by atoms with Crippen LogP contribution in [0.1, 0.15) is 47.4 Å². The Hall–Kier alpha value is -10.2. The standard InChI is InChI=1S/C21H16F2N4O.C20H17F2N3O2.C18H11F2N3O.C3H5N.C2H6O.2ClH/c1-13-11-24-21(25-13)15-4-2-3-14(7-15)12-27-20(28)6-5-19(26-27)16-8-17(22)10-18(23)9-16;1-2-27-20(23)14-5-3-4-13(8-14)12-25-19(26)7-6-18(24-25)15-9-16(21)11-17(22)10-15;19-15-7-14(8-16(20)9-15)17-4-5-18(24)23(22-17)11-13-3-1-2-12(6-13)10-21;1-2-3-4;1-2-3;;/h2-11H,12H2,1H3,(H,24,25);3-11,23H,2,12H2,1H3;1-9H,11H2;1H,3-4H2;3H,2H2,1H3;2*1H. The molecular weight excluding hydrogens is 1190 g/mol. The van der Waals surface area contributed by atoms with E-state index in [4.69, 9.17) is 26.2 Å². The predicted octanol–water partition coefficient (Wildman–Crippen LogP) is 5.83. The van der Waals surface area contributed by atoms with Crippen LogP contribution in [0.4, 0.5) is 26.3 Å². The number of aliphatic hydroxyl groups excluding tert-OH is 1. The molecule has 0 aliphatic rings. The summed E-state index contributed by atoms with van der Waals surface area (Å²) in [4.78, 5) is 43.9. The van der Waals surface area contributed by atoms with Gasteiger partial charge in [-0.2, -0.15) is 20.6 Å². The third kappa shape index (κ3) is 21.1. The number of aliphatic hydroxyl groups is 1. The zero-order valence-corrected chi connectivity index (χ0v) is 48.9. The normalized spacial score (nSPS) is 10.0. The monoisotopic (exact) mass is 1240 g/mol. The van der Waals surface area contributed by atoms with Crippen LogP contribution in [0.25, 0.3) is 45.2 Å². The number of nitriles is 1. The first-order valence-electron chi connectivity index (χ1n) is 26.1. The van der Waals surface area contributed by atoms with Crippen LogP contribution in [-0.4, -0.2) is 70.1 Å². The second kappa shape index (κ2) is 34.7. The van der Waals surface area contributed by atoms with Crippen molar-refractivity contribution >= 4 is 18.3 Å². The van der Waals surface area contributed by atoms with Crippen LogP contribution in [-0.2, 0) is 24.4 Å². The number of terminal acetylenes is 1. The molecule has 0 fully saturated rings. The number of aromatic amines is 1. The van der Waals surface area contributed by atoms with Gasteiger partial charge < -0.3 is 33.0 Å². The highest BCUT2D eigenvalue weighted by Gasteiger charge is 2.14. The molecule has 0 aliphatic carbocycles. The van der Waals surface area contributed by atoms with Gasteiger partial charge in [-0.05, 0) is 122 Å². The quantitative estimate of drug-likeness (QED) is 0.0492. The molecular formula is C64H57Cl2F6N11O5. The number of aryl methyl sites for hydroxylation is 1. The van der Waals surface area contributed by atoms with Gasteiger partial charge in [0.25, 0.3) is 16.7 Å². The predicted molar refractivity (Wildman–Crippen MR) is 321 cm³/mol. The van der Waals surface area contributed by atoms with Crippen molar-refractivity contribution in [1.82, 2.24) is 39.3 Å². The number of rotatable bonds is 12. The van der Waals surface area contributed by atoms with Gasteiger partial charge in [0.15, 0.2) is 0 Å². The molecule has 10 aromatic rings. The van der Waals surface area contributed by atoms with Gasteiger partial charge in [0.05, 0.1) is 67.1 Å². The summed E-state index contributed by atoms with van der Waals surface area (Å²) in [6, 6.07) is 41.2. The third-order valence-electron chi connectivity index (χ3n) is 11.7. The second-order valence-electron chi connectivity index (χ2n) is 18.3. The molecule has 0 amide bonds.